The zero-order valence-electron chi connectivity index (χ0n) is 19.1. The molecule has 6 heteroatoms. The largest absolute Gasteiger partial charge is 0.483 e. The van der Waals surface area contributed by atoms with Crippen LogP contribution in [0.4, 0.5) is 0 Å². The highest BCUT2D eigenvalue weighted by atomic mass is 16.5. The highest BCUT2D eigenvalue weighted by Crippen LogP contribution is 2.59. The molecule has 8 rings (SSSR count). The molecule has 166 valence electrons. The molecule has 6 heterocycles. The maximum Gasteiger partial charge on any atom is 0.249 e. The average molecular weight is 432 g/mol. The van der Waals surface area contributed by atoms with Crippen molar-refractivity contribution in [1.29, 1.82) is 0 Å². The number of nitrogens with zero attached hydrogens (tertiary/aromatic N) is 1. The summed E-state index contributed by atoms with van der Waals surface area (Å²) in [5, 5.41) is 4.41. The van der Waals surface area contributed by atoms with Crippen LogP contribution in [0, 0.1) is 5.92 Å². The first kappa shape index (κ1) is 18.8. The molecule has 2 unspecified atom stereocenters. The molecule has 1 aromatic heterocycles. The Morgan fingerprint density at radius 2 is 1.97 bits per heavy atom. The van der Waals surface area contributed by atoms with Gasteiger partial charge in [-0.05, 0) is 63.0 Å². The number of benzene rings is 1. The van der Waals surface area contributed by atoms with Crippen LogP contribution in [-0.4, -0.2) is 44.9 Å². The number of fused-ring (bicyclic) bond motifs is 6. The van der Waals surface area contributed by atoms with E-state index in [1.165, 1.54) is 5.69 Å². The molecule has 4 fully saturated rings. The van der Waals surface area contributed by atoms with Gasteiger partial charge in [-0.3, -0.25) is 9.59 Å². The van der Waals surface area contributed by atoms with Crippen molar-refractivity contribution < 1.29 is 14.3 Å². The Labute approximate surface area is 187 Å². The first-order chi connectivity index (χ1) is 15.1. The zero-order valence-corrected chi connectivity index (χ0v) is 19.1. The van der Waals surface area contributed by atoms with E-state index in [4.69, 9.17) is 4.74 Å². The molecular formula is C26H29N3O3. The summed E-state index contributed by atoms with van der Waals surface area (Å²) in [4.78, 5) is 32.9. The molecule has 6 aliphatic rings. The number of nitrogens with one attached hydrogen (secondary N) is 2. The van der Waals surface area contributed by atoms with Gasteiger partial charge in [0.1, 0.15) is 22.4 Å². The second kappa shape index (κ2) is 5.24. The molecule has 3 atom stereocenters. The Hall–Kier alpha value is -2.76. The molecule has 32 heavy (non-hydrogen) atoms. The van der Waals surface area contributed by atoms with E-state index in [0.717, 1.165) is 47.0 Å². The number of piperazine rings is 1. The third-order valence-corrected chi connectivity index (χ3v) is 9.09. The Morgan fingerprint density at radius 3 is 2.78 bits per heavy atom. The lowest BCUT2D eigenvalue weighted by molar-refractivity contribution is -0.179. The van der Waals surface area contributed by atoms with Crippen LogP contribution >= 0.6 is 0 Å². The number of hydrogen-bond donors (Lipinski definition) is 2. The topological polar surface area (TPSA) is 74.4 Å². The second-order valence-corrected chi connectivity index (χ2v) is 11.6. The van der Waals surface area contributed by atoms with Gasteiger partial charge in [0.15, 0.2) is 0 Å². The van der Waals surface area contributed by atoms with Gasteiger partial charge in [-0.1, -0.05) is 13.8 Å². The summed E-state index contributed by atoms with van der Waals surface area (Å²) in [7, 11) is 0. The van der Waals surface area contributed by atoms with Crippen LogP contribution in [0.3, 0.4) is 0 Å². The molecule has 1 aliphatic carbocycles. The molecule has 1 aromatic carbocycles. The number of piperidine rings is 2. The van der Waals surface area contributed by atoms with Gasteiger partial charge in [0.05, 0.1) is 5.52 Å². The minimum absolute atomic E-state index is 0.0564. The Balaban J connectivity index is 1.46. The van der Waals surface area contributed by atoms with E-state index in [9.17, 15) is 9.59 Å². The summed E-state index contributed by atoms with van der Waals surface area (Å²) in [5.74, 6) is 1.13. The average Bonchev–Trinajstić information content (AvgIpc) is 3.32. The number of H-pyrrole nitrogens is 1. The molecule has 2 N–H and O–H groups in total. The van der Waals surface area contributed by atoms with Crippen LogP contribution < -0.4 is 10.1 Å². The van der Waals surface area contributed by atoms with Crippen molar-refractivity contribution >= 4 is 28.8 Å². The summed E-state index contributed by atoms with van der Waals surface area (Å²) < 4.78 is 6.21. The van der Waals surface area contributed by atoms with Gasteiger partial charge in [0, 0.05) is 40.9 Å². The highest BCUT2D eigenvalue weighted by molar-refractivity contribution is 6.06. The third-order valence-electron chi connectivity index (χ3n) is 9.09. The van der Waals surface area contributed by atoms with Crippen molar-refractivity contribution in [1.82, 2.24) is 15.2 Å². The molecule has 0 radical (unpaired) electrons. The fourth-order valence-corrected chi connectivity index (χ4v) is 7.56. The maximum atomic E-state index is 13.9. The lowest BCUT2D eigenvalue weighted by Crippen LogP contribution is -2.84. The minimum Gasteiger partial charge on any atom is -0.483 e. The van der Waals surface area contributed by atoms with Crippen molar-refractivity contribution in [2.75, 3.05) is 6.54 Å². The number of ether oxygens (including phenoxy) is 1. The molecule has 4 saturated heterocycles. The number of aromatic nitrogens is 1. The smallest absolute Gasteiger partial charge is 0.249 e. The van der Waals surface area contributed by atoms with Crippen LogP contribution in [0.15, 0.2) is 18.2 Å². The van der Waals surface area contributed by atoms with Crippen LogP contribution in [0.2, 0.25) is 0 Å². The predicted molar refractivity (Wildman–Crippen MR) is 121 cm³/mol. The van der Waals surface area contributed by atoms with Crippen molar-refractivity contribution in [3.05, 3.63) is 35.0 Å². The molecular weight excluding hydrogens is 402 g/mol. The van der Waals surface area contributed by atoms with Crippen molar-refractivity contribution in [3.63, 3.8) is 0 Å². The number of carbonyl (C=O) groups is 2. The standard InChI is InChI=1S/C26H29N3O3/c1-23(2)10-8-15-17(32-23)7-6-14-16-12-26-18(24(3,4)20(16)27-19(14)15)13-25(21(30)28-26)9-5-11-29(25)22(26)31/h6-8,10,18,27H,5,9,11-13H2,1-4H3,(H,28,30)/t18-,25?,26?/m0/s1. The Kier molecular flexibility index (Phi) is 3.07. The van der Waals surface area contributed by atoms with E-state index >= 15 is 0 Å². The van der Waals surface area contributed by atoms with E-state index in [-0.39, 0.29) is 28.7 Å². The lowest BCUT2D eigenvalue weighted by Gasteiger charge is -2.64. The van der Waals surface area contributed by atoms with Gasteiger partial charge < -0.3 is 19.9 Å². The van der Waals surface area contributed by atoms with Gasteiger partial charge in [-0.15, -0.1) is 0 Å². The summed E-state index contributed by atoms with van der Waals surface area (Å²) >= 11 is 0. The van der Waals surface area contributed by atoms with E-state index < -0.39 is 11.1 Å². The number of rotatable bonds is 0. The van der Waals surface area contributed by atoms with Crippen LogP contribution in [-0.2, 0) is 21.4 Å². The number of hydrogen-bond acceptors (Lipinski definition) is 3. The number of amides is 2. The molecule has 0 saturated carbocycles. The first-order valence-electron chi connectivity index (χ1n) is 11.8. The van der Waals surface area contributed by atoms with E-state index in [1.807, 2.05) is 11.0 Å². The number of aromatic amines is 1. The fraction of sp³-hybridized carbons (Fsp3) is 0.538. The van der Waals surface area contributed by atoms with Crippen molar-refractivity contribution in [3.8, 4) is 5.75 Å². The van der Waals surface area contributed by atoms with Gasteiger partial charge in [-0.2, -0.15) is 0 Å². The third kappa shape index (κ3) is 1.90. The lowest BCUT2D eigenvalue weighted by atomic mass is 9.51. The van der Waals surface area contributed by atoms with Crippen LogP contribution in [0.25, 0.3) is 17.0 Å². The molecule has 2 amide bonds. The molecule has 2 aromatic rings. The molecule has 2 bridgehead atoms. The van der Waals surface area contributed by atoms with Crippen LogP contribution in [0.5, 0.6) is 5.75 Å². The van der Waals surface area contributed by atoms with Gasteiger partial charge in [0.2, 0.25) is 11.8 Å². The quantitative estimate of drug-likeness (QED) is 0.671. The summed E-state index contributed by atoms with van der Waals surface area (Å²) in [6.45, 7) is 9.29. The number of carbonyl (C=O) groups excluding carboxylic acids is 2. The SMILES string of the molecule is CC1(C)C=Cc2c(ccc3c4c([nH]c23)C(C)(C)[C@@H]2CC35CCCN3C(=O)C2(C4)NC5=O)O1. The fourth-order valence-electron chi connectivity index (χ4n) is 7.56. The van der Waals surface area contributed by atoms with E-state index in [2.05, 4.69) is 56.2 Å². The Morgan fingerprint density at radius 1 is 1.16 bits per heavy atom. The molecule has 5 aliphatic heterocycles. The molecule has 2 spiro atoms. The summed E-state index contributed by atoms with van der Waals surface area (Å²) in [6.07, 6.45) is 7.22. The van der Waals surface area contributed by atoms with E-state index in [1.54, 1.807) is 0 Å². The van der Waals surface area contributed by atoms with Crippen LogP contribution in [0.1, 0.15) is 63.8 Å². The first-order valence-corrected chi connectivity index (χ1v) is 11.8. The predicted octanol–water partition coefficient (Wildman–Crippen LogP) is 3.44. The highest BCUT2D eigenvalue weighted by Gasteiger charge is 2.72. The van der Waals surface area contributed by atoms with Crippen molar-refractivity contribution in [2.45, 2.75) is 75.5 Å². The van der Waals surface area contributed by atoms with E-state index in [0.29, 0.717) is 13.0 Å². The molecule has 6 nitrogen and oxygen atoms in total. The van der Waals surface area contributed by atoms with Gasteiger partial charge in [0.25, 0.3) is 0 Å². The summed E-state index contributed by atoms with van der Waals surface area (Å²) in [5.41, 5.74) is 2.38. The summed E-state index contributed by atoms with van der Waals surface area (Å²) in [6, 6.07) is 4.16. The van der Waals surface area contributed by atoms with Gasteiger partial charge in [-0.25, -0.2) is 0 Å². The minimum atomic E-state index is -0.848. The zero-order chi connectivity index (χ0) is 22.3. The van der Waals surface area contributed by atoms with Gasteiger partial charge >= 0.3 is 0 Å². The van der Waals surface area contributed by atoms with Crippen molar-refractivity contribution in [2.24, 2.45) is 5.92 Å². The second-order valence-electron chi connectivity index (χ2n) is 11.6. The normalized spacial score (nSPS) is 35.1. The monoisotopic (exact) mass is 431 g/mol. The maximum absolute atomic E-state index is 13.9. The Bertz CT molecular complexity index is 1280.